The highest BCUT2D eigenvalue weighted by Crippen LogP contribution is 2.20. The second-order valence-electron chi connectivity index (χ2n) is 3.27. The molecular formula is C9H18N2. The highest BCUT2D eigenvalue weighted by Gasteiger charge is 2.11. The quantitative estimate of drug-likeness (QED) is 0.480. The van der Waals surface area contributed by atoms with Gasteiger partial charge in [0.15, 0.2) is 0 Å². The highest BCUT2D eigenvalue weighted by atomic mass is 14.9. The number of nitrogens with two attached hydrogens (primary N) is 1. The number of aliphatic imine (C=N–C) groups is 1. The first-order valence-corrected chi connectivity index (χ1v) is 4.65. The fraction of sp³-hybridized carbons (Fsp3) is 0.889. The lowest BCUT2D eigenvalue weighted by Gasteiger charge is -2.17. The summed E-state index contributed by atoms with van der Waals surface area (Å²) < 4.78 is 0. The fourth-order valence-electron chi connectivity index (χ4n) is 1.54. The van der Waals surface area contributed by atoms with Crippen LogP contribution in [0.15, 0.2) is 4.99 Å². The number of amidine groups is 1. The molecule has 0 saturated heterocycles. The molecule has 1 aliphatic carbocycles. The molecule has 0 atom stereocenters. The number of rotatable bonds is 2. The van der Waals surface area contributed by atoms with Crippen LogP contribution < -0.4 is 5.73 Å². The van der Waals surface area contributed by atoms with Gasteiger partial charge >= 0.3 is 0 Å². The van der Waals surface area contributed by atoms with Gasteiger partial charge in [0, 0.05) is 6.42 Å². The van der Waals surface area contributed by atoms with E-state index in [0.29, 0.717) is 6.04 Å². The zero-order chi connectivity index (χ0) is 8.10. The molecule has 0 aliphatic heterocycles. The molecule has 2 N–H and O–H groups in total. The molecule has 1 fully saturated rings. The summed E-state index contributed by atoms with van der Waals surface area (Å²) in [6.07, 6.45) is 7.46. The molecule has 0 spiro atoms. The minimum atomic E-state index is 0.545. The maximum absolute atomic E-state index is 5.65. The van der Waals surface area contributed by atoms with E-state index in [0.717, 1.165) is 12.3 Å². The van der Waals surface area contributed by atoms with Gasteiger partial charge in [0.2, 0.25) is 0 Å². The predicted molar refractivity (Wildman–Crippen MR) is 48.8 cm³/mol. The Morgan fingerprint density at radius 2 is 2.00 bits per heavy atom. The van der Waals surface area contributed by atoms with Crippen molar-refractivity contribution in [2.24, 2.45) is 10.7 Å². The molecule has 0 aromatic carbocycles. The van der Waals surface area contributed by atoms with E-state index >= 15 is 0 Å². The normalized spacial score (nSPS) is 22.1. The maximum Gasteiger partial charge on any atom is 0.0937 e. The molecule has 0 bridgehead atoms. The Bertz CT molecular complexity index is 134. The molecule has 2 nitrogen and oxygen atoms in total. The lowest BCUT2D eigenvalue weighted by molar-refractivity contribution is 0.442. The molecule has 11 heavy (non-hydrogen) atoms. The SMILES string of the molecule is CCC(N)=NC1CCCCC1. The van der Waals surface area contributed by atoms with Gasteiger partial charge in [0.05, 0.1) is 11.9 Å². The Kier molecular flexibility index (Phi) is 3.40. The standard InChI is InChI=1S/C9H18N2/c1-2-9(10)11-8-6-4-3-5-7-8/h8H,2-7H2,1H3,(H2,10,11). The minimum absolute atomic E-state index is 0.545. The lowest BCUT2D eigenvalue weighted by atomic mass is 9.96. The van der Waals surface area contributed by atoms with E-state index in [9.17, 15) is 0 Å². The van der Waals surface area contributed by atoms with Crippen LogP contribution in [-0.2, 0) is 0 Å². The van der Waals surface area contributed by atoms with E-state index in [-0.39, 0.29) is 0 Å². The molecule has 0 radical (unpaired) electrons. The fourth-order valence-corrected chi connectivity index (χ4v) is 1.54. The van der Waals surface area contributed by atoms with Crippen molar-refractivity contribution in [3.8, 4) is 0 Å². The van der Waals surface area contributed by atoms with Crippen LogP contribution >= 0.6 is 0 Å². The summed E-state index contributed by atoms with van der Waals surface area (Å²) in [7, 11) is 0. The number of hydrogen-bond acceptors (Lipinski definition) is 1. The third-order valence-electron chi connectivity index (χ3n) is 2.29. The number of hydrogen-bond donors (Lipinski definition) is 1. The van der Waals surface area contributed by atoms with E-state index in [2.05, 4.69) is 11.9 Å². The van der Waals surface area contributed by atoms with Crippen molar-refractivity contribution in [2.45, 2.75) is 51.5 Å². The molecular weight excluding hydrogens is 136 g/mol. The molecule has 0 unspecified atom stereocenters. The first kappa shape index (κ1) is 8.57. The monoisotopic (exact) mass is 154 g/mol. The van der Waals surface area contributed by atoms with Crippen molar-refractivity contribution >= 4 is 5.84 Å². The first-order valence-electron chi connectivity index (χ1n) is 4.65. The van der Waals surface area contributed by atoms with Crippen molar-refractivity contribution in [1.82, 2.24) is 0 Å². The van der Waals surface area contributed by atoms with Crippen LogP contribution in [0.1, 0.15) is 45.4 Å². The Hall–Kier alpha value is -0.530. The number of nitrogens with zero attached hydrogens (tertiary/aromatic N) is 1. The van der Waals surface area contributed by atoms with Crippen LogP contribution in [0.5, 0.6) is 0 Å². The van der Waals surface area contributed by atoms with Gasteiger partial charge in [-0.15, -0.1) is 0 Å². The molecule has 1 saturated carbocycles. The average molecular weight is 154 g/mol. The summed E-state index contributed by atoms with van der Waals surface area (Å²) in [6, 6.07) is 0.545. The van der Waals surface area contributed by atoms with Gasteiger partial charge < -0.3 is 5.73 Å². The van der Waals surface area contributed by atoms with Crippen LogP contribution in [0.25, 0.3) is 0 Å². The van der Waals surface area contributed by atoms with E-state index in [1.54, 1.807) is 0 Å². The predicted octanol–water partition coefficient (Wildman–Crippen LogP) is 2.09. The van der Waals surface area contributed by atoms with Gasteiger partial charge in [-0.3, -0.25) is 4.99 Å². The molecule has 0 aromatic heterocycles. The molecule has 1 rings (SSSR count). The van der Waals surface area contributed by atoms with Gasteiger partial charge in [-0.1, -0.05) is 26.2 Å². The van der Waals surface area contributed by atoms with Crippen LogP contribution in [0.3, 0.4) is 0 Å². The molecule has 64 valence electrons. The zero-order valence-electron chi connectivity index (χ0n) is 7.34. The van der Waals surface area contributed by atoms with Gasteiger partial charge in [0.25, 0.3) is 0 Å². The average Bonchev–Trinajstić information content (AvgIpc) is 2.06. The smallest absolute Gasteiger partial charge is 0.0937 e. The van der Waals surface area contributed by atoms with Crippen LogP contribution in [0.2, 0.25) is 0 Å². The van der Waals surface area contributed by atoms with E-state index < -0.39 is 0 Å². The van der Waals surface area contributed by atoms with E-state index in [4.69, 9.17) is 5.73 Å². The zero-order valence-corrected chi connectivity index (χ0v) is 7.34. The van der Waals surface area contributed by atoms with Crippen molar-refractivity contribution in [3.63, 3.8) is 0 Å². The highest BCUT2D eigenvalue weighted by molar-refractivity contribution is 5.80. The van der Waals surface area contributed by atoms with Crippen LogP contribution in [-0.4, -0.2) is 11.9 Å². The third-order valence-corrected chi connectivity index (χ3v) is 2.29. The van der Waals surface area contributed by atoms with Gasteiger partial charge in [-0.25, -0.2) is 0 Å². The van der Waals surface area contributed by atoms with E-state index in [1.807, 2.05) is 0 Å². The van der Waals surface area contributed by atoms with Gasteiger partial charge in [0.1, 0.15) is 0 Å². The molecule has 2 heteroatoms. The maximum atomic E-state index is 5.65. The summed E-state index contributed by atoms with van der Waals surface area (Å²) >= 11 is 0. The summed E-state index contributed by atoms with van der Waals surface area (Å²) in [5.41, 5.74) is 5.65. The van der Waals surface area contributed by atoms with E-state index in [1.165, 1.54) is 32.1 Å². The second kappa shape index (κ2) is 4.37. The first-order chi connectivity index (χ1) is 5.33. The Labute approximate surface area is 68.9 Å². The largest absolute Gasteiger partial charge is 0.387 e. The van der Waals surface area contributed by atoms with Crippen molar-refractivity contribution < 1.29 is 0 Å². The van der Waals surface area contributed by atoms with Crippen LogP contribution in [0, 0.1) is 0 Å². The van der Waals surface area contributed by atoms with Crippen molar-refractivity contribution in [1.29, 1.82) is 0 Å². The van der Waals surface area contributed by atoms with Gasteiger partial charge in [-0.05, 0) is 12.8 Å². The van der Waals surface area contributed by atoms with Crippen LogP contribution in [0.4, 0.5) is 0 Å². The lowest BCUT2D eigenvalue weighted by Crippen LogP contribution is -2.17. The Morgan fingerprint density at radius 3 is 2.55 bits per heavy atom. The minimum Gasteiger partial charge on any atom is -0.387 e. The Balaban J connectivity index is 2.34. The molecule has 0 heterocycles. The second-order valence-corrected chi connectivity index (χ2v) is 3.27. The molecule has 0 amide bonds. The third kappa shape index (κ3) is 2.91. The summed E-state index contributed by atoms with van der Waals surface area (Å²) in [6.45, 7) is 2.06. The summed E-state index contributed by atoms with van der Waals surface area (Å²) in [4.78, 5) is 4.45. The Morgan fingerprint density at radius 1 is 1.36 bits per heavy atom. The van der Waals surface area contributed by atoms with Gasteiger partial charge in [-0.2, -0.15) is 0 Å². The topological polar surface area (TPSA) is 38.4 Å². The van der Waals surface area contributed by atoms with Crippen molar-refractivity contribution in [3.05, 3.63) is 0 Å². The van der Waals surface area contributed by atoms with Crippen molar-refractivity contribution in [2.75, 3.05) is 0 Å². The molecule has 0 aromatic rings. The summed E-state index contributed by atoms with van der Waals surface area (Å²) in [5.74, 6) is 0.830. The summed E-state index contributed by atoms with van der Waals surface area (Å²) in [5, 5.41) is 0. The molecule has 1 aliphatic rings.